The molecule has 0 aliphatic heterocycles. The number of nitrogens with zero attached hydrogens (tertiary/aromatic N) is 2. The summed E-state index contributed by atoms with van der Waals surface area (Å²) >= 11 is 0. The molecule has 1 rings (SSSR count). The van der Waals surface area contributed by atoms with E-state index < -0.39 is 0 Å². The van der Waals surface area contributed by atoms with Crippen LogP contribution < -0.4 is 10.1 Å². The summed E-state index contributed by atoms with van der Waals surface area (Å²) in [6, 6.07) is 0. The van der Waals surface area contributed by atoms with Crippen LogP contribution >= 0.6 is 0 Å². The van der Waals surface area contributed by atoms with Crippen molar-refractivity contribution in [1.82, 2.24) is 15.1 Å². The third-order valence-electron chi connectivity index (χ3n) is 1.74. The number of carbonyl (C=O) groups is 1. The molecule has 0 aromatic carbocycles. The predicted molar refractivity (Wildman–Crippen MR) is 53.5 cm³/mol. The third-order valence-corrected chi connectivity index (χ3v) is 1.74. The van der Waals surface area contributed by atoms with Crippen LogP contribution in [0.25, 0.3) is 0 Å². The molecule has 0 saturated carbocycles. The quantitative estimate of drug-likeness (QED) is 0.661. The smallest absolute Gasteiger partial charge is 0.258 e. The number of aliphatic hydroxyl groups excluding tert-OH is 1. The van der Waals surface area contributed by atoms with Crippen molar-refractivity contribution < 1.29 is 14.6 Å². The highest BCUT2D eigenvalue weighted by Crippen LogP contribution is 2.07. The number of aliphatic hydroxyl groups is 1. The molecule has 0 spiro atoms. The van der Waals surface area contributed by atoms with Crippen molar-refractivity contribution in [3.8, 4) is 5.75 Å². The standard InChI is InChI=1S/C9H15N3O3/c1-2-12-6-8(5-11-12)15-7-9(14)10-3-4-13/h5-6,13H,2-4,7H2,1H3,(H,10,14). The Morgan fingerprint density at radius 1 is 1.73 bits per heavy atom. The average molecular weight is 213 g/mol. The highest BCUT2D eigenvalue weighted by Gasteiger charge is 2.03. The Morgan fingerprint density at radius 3 is 3.13 bits per heavy atom. The second kappa shape index (κ2) is 6.02. The van der Waals surface area contributed by atoms with Gasteiger partial charge in [-0.1, -0.05) is 0 Å². The monoisotopic (exact) mass is 213 g/mol. The molecule has 1 aromatic rings. The van der Waals surface area contributed by atoms with E-state index in [1.807, 2.05) is 6.92 Å². The van der Waals surface area contributed by atoms with Gasteiger partial charge in [0.15, 0.2) is 12.4 Å². The molecule has 0 unspecified atom stereocenters. The van der Waals surface area contributed by atoms with E-state index in [1.54, 1.807) is 17.1 Å². The van der Waals surface area contributed by atoms with Crippen molar-refractivity contribution in [2.24, 2.45) is 0 Å². The van der Waals surface area contributed by atoms with E-state index >= 15 is 0 Å². The topological polar surface area (TPSA) is 76.4 Å². The molecule has 1 amide bonds. The molecule has 6 nitrogen and oxygen atoms in total. The fraction of sp³-hybridized carbons (Fsp3) is 0.556. The maximum absolute atomic E-state index is 11.1. The Balaban J connectivity index is 2.27. The minimum Gasteiger partial charge on any atom is -0.480 e. The van der Waals surface area contributed by atoms with Crippen LogP contribution in [0.5, 0.6) is 5.75 Å². The summed E-state index contributed by atoms with van der Waals surface area (Å²) in [6.07, 6.45) is 3.28. The Labute approximate surface area is 87.8 Å². The van der Waals surface area contributed by atoms with Gasteiger partial charge in [0.2, 0.25) is 0 Å². The van der Waals surface area contributed by atoms with E-state index in [4.69, 9.17) is 9.84 Å². The Hall–Kier alpha value is -1.56. The maximum Gasteiger partial charge on any atom is 0.258 e. The summed E-state index contributed by atoms with van der Waals surface area (Å²) in [7, 11) is 0. The van der Waals surface area contributed by atoms with Crippen molar-refractivity contribution in [3.63, 3.8) is 0 Å². The molecule has 0 atom stereocenters. The van der Waals surface area contributed by atoms with E-state index in [-0.39, 0.29) is 25.7 Å². The molecule has 15 heavy (non-hydrogen) atoms. The summed E-state index contributed by atoms with van der Waals surface area (Å²) in [6.45, 7) is 2.84. The van der Waals surface area contributed by atoms with Crippen LogP contribution in [0.4, 0.5) is 0 Å². The average Bonchev–Trinajstić information content (AvgIpc) is 2.71. The summed E-state index contributed by atoms with van der Waals surface area (Å²) in [5.74, 6) is 0.310. The number of nitrogens with one attached hydrogen (secondary N) is 1. The van der Waals surface area contributed by atoms with E-state index in [0.29, 0.717) is 5.75 Å². The Morgan fingerprint density at radius 2 is 2.53 bits per heavy atom. The molecule has 0 radical (unpaired) electrons. The van der Waals surface area contributed by atoms with Gasteiger partial charge in [-0.2, -0.15) is 5.10 Å². The fourth-order valence-corrected chi connectivity index (χ4v) is 0.987. The number of hydrogen-bond acceptors (Lipinski definition) is 4. The number of aromatic nitrogens is 2. The normalized spacial score (nSPS) is 10.0. The van der Waals surface area contributed by atoms with Crippen LogP contribution in [0.1, 0.15) is 6.92 Å². The molecule has 0 aliphatic carbocycles. The highest BCUT2D eigenvalue weighted by molar-refractivity contribution is 5.77. The second-order valence-electron chi connectivity index (χ2n) is 2.89. The lowest BCUT2D eigenvalue weighted by Gasteiger charge is -2.03. The minimum absolute atomic E-state index is 0.0601. The highest BCUT2D eigenvalue weighted by atomic mass is 16.5. The Kier molecular flexibility index (Phi) is 4.62. The fourth-order valence-electron chi connectivity index (χ4n) is 0.987. The first-order valence-electron chi connectivity index (χ1n) is 4.79. The van der Waals surface area contributed by atoms with E-state index in [2.05, 4.69) is 10.4 Å². The van der Waals surface area contributed by atoms with E-state index in [9.17, 15) is 4.79 Å². The van der Waals surface area contributed by atoms with Crippen molar-refractivity contribution in [2.45, 2.75) is 13.5 Å². The summed E-state index contributed by atoms with van der Waals surface area (Å²) < 4.78 is 6.88. The largest absolute Gasteiger partial charge is 0.480 e. The predicted octanol–water partition coefficient (Wildman–Crippen LogP) is -0.610. The first-order valence-corrected chi connectivity index (χ1v) is 4.79. The Bertz CT molecular complexity index is 311. The number of amides is 1. The maximum atomic E-state index is 11.1. The lowest BCUT2D eigenvalue weighted by atomic mass is 10.5. The van der Waals surface area contributed by atoms with Crippen molar-refractivity contribution in [2.75, 3.05) is 19.8 Å². The number of ether oxygens (including phenoxy) is 1. The zero-order chi connectivity index (χ0) is 11.1. The molecular formula is C9H15N3O3. The lowest BCUT2D eigenvalue weighted by molar-refractivity contribution is -0.123. The molecule has 0 fully saturated rings. The zero-order valence-electron chi connectivity index (χ0n) is 8.64. The van der Waals surface area contributed by atoms with Gasteiger partial charge in [0.05, 0.1) is 19.0 Å². The van der Waals surface area contributed by atoms with Gasteiger partial charge in [-0.25, -0.2) is 0 Å². The third kappa shape index (κ3) is 3.99. The molecule has 0 bridgehead atoms. The van der Waals surface area contributed by atoms with Crippen molar-refractivity contribution in [3.05, 3.63) is 12.4 Å². The van der Waals surface area contributed by atoms with Gasteiger partial charge in [-0.3, -0.25) is 9.48 Å². The number of hydrogen-bond donors (Lipinski definition) is 2. The van der Waals surface area contributed by atoms with Gasteiger partial charge in [-0.05, 0) is 6.92 Å². The van der Waals surface area contributed by atoms with Crippen molar-refractivity contribution >= 4 is 5.91 Å². The molecule has 6 heteroatoms. The zero-order valence-corrected chi connectivity index (χ0v) is 8.64. The molecule has 2 N–H and O–H groups in total. The molecule has 1 heterocycles. The second-order valence-corrected chi connectivity index (χ2v) is 2.89. The summed E-state index contributed by atoms with van der Waals surface area (Å²) in [5, 5.41) is 14.9. The number of carbonyl (C=O) groups excluding carboxylic acids is 1. The van der Waals surface area contributed by atoms with Crippen molar-refractivity contribution in [1.29, 1.82) is 0 Å². The van der Waals surface area contributed by atoms with Gasteiger partial charge in [0, 0.05) is 13.1 Å². The van der Waals surface area contributed by atoms with E-state index in [0.717, 1.165) is 6.54 Å². The van der Waals surface area contributed by atoms with Crippen LogP contribution in [0.3, 0.4) is 0 Å². The van der Waals surface area contributed by atoms with Crippen LogP contribution in [0.15, 0.2) is 12.4 Å². The van der Waals surface area contributed by atoms with Gasteiger partial charge in [-0.15, -0.1) is 0 Å². The molecular weight excluding hydrogens is 198 g/mol. The minimum atomic E-state index is -0.256. The first kappa shape index (κ1) is 11.5. The summed E-state index contributed by atoms with van der Waals surface area (Å²) in [4.78, 5) is 11.1. The number of aryl methyl sites for hydroxylation is 1. The van der Waals surface area contributed by atoms with Crippen LogP contribution in [-0.4, -0.2) is 40.6 Å². The van der Waals surface area contributed by atoms with Gasteiger partial charge >= 0.3 is 0 Å². The first-order chi connectivity index (χ1) is 7.26. The van der Waals surface area contributed by atoms with Crippen LogP contribution in [-0.2, 0) is 11.3 Å². The van der Waals surface area contributed by atoms with Gasteiger partial charge < -0.3 is 15.2 Å². The molecule has 0 aliphatic rings. The number of rotatable bonds is 6. The lowest BCUT2D eigenvalue weighted by Crippen LogP contribution is -2.31. The van der Waals surface area contributed by atoms with Gasteiger partial charge in [0.1, 0.15) is 0 Å². The van der Waals surface area contributed by atoms with Crippen LogP contribution in [0.2, 0.25) is 0 Å². The molecule has 84 valence electrons. The SMILES string of the molecule is CCn1cc(OCC(=O)NCCO)cn1. The molecule has 0 saturated heterocycles. The molecule has 1 aromatic heterocycles. The van der Waals surface area contributed by atoms with Crippen LogP contribution in [0, 0.1) is 0 Å². The van der Waals surface area contributed by atoms with Gasteiger partial charge in [0.25, 0.3) is 5.91 Å². The summed E-state index contributed by atoms with van der Waals surface area (Å²) in [5.41, 5.74) is 0. The van der Waals surface area contributed by atoms with E-state index in [1.165, 1.54) is 0 Å².